The fourth-order valence-corrected chi connectivity index (χ4v) is 1.84. The number of aryl methyl sites for hydroxylation is 1. The predicted molar refractivity (Wildman–Crippen MR) is 66.4 cm³/mol. The van der Waals surface area contributed by atoms with Gasteiger partial charge >= 0.3 is 0 Å². The van der Waals surface area contributed by atoms with Gasteiger partial charge in [-0.15, -0.1) is 0 Å². The molecule has 0 amide bonds. The quantitative estimate of drug-likeness (QED) is 0.691. The molecule has 4 nitrogen and oxygen atoms in total. The Morgan fingerprint density at radius 3 is 2.71 bits per heavy atom. The lowest BCUT2D eigenvalue weighted by atomic mass is 10.1. The van der Waals surface area contributed by atoms with Crippen LogP contribution in [0.3, 0.4) is 0 Å². The van der Waals surface area contributed by atoms with Crippen molar-refractivity contribution in [2.24, 2.45) is 0 Å². The molecule has 1 aromatic carbocycles. The highest BCUT2D eigenvalue weighted by Crippen LogP contribution is 2.24. The minimum Gasteiger partial charge on any atom is -0.405 e. The second-order valence-electron chi connectivity index (χ2n) is 3.89. The van der Waals surface area contributed by atoms with Crippen molar-refractivity contribution in [3.63, 3.8) is 0 Å². The molecule has 17 heavy (non-hydrogen) atoms. The maximum absolute atomic E-state index is 5.49. The van der Waals surface area contributed by atoms with Gasteiger partial charge in [0.2, 0.25) is 5.71 Å². The summed E-state index contributed by atoms with van der Waals surface area (Å²) in [6.45, 7) is 2.05. The largest absolute Gasteiger partial charge is 0.405 e. The highest BCUT2D eigenvalue weighted by atomic mass is 16.4. The summed E-state index contributed by atoms with van der Waals surface area (Å²) in [7, 11) is 0. The average Bonchev–Trinajstić information content (AvgIpc) is 2.68. The second-order valence-corrected chi connectivity index (χ2v) is 3.89. The summed E-state index contributed by atoms with van der Waals surface area (Å²) >= 11 is 0. The molecule has 2 heterocycles. The van der Waals surface area contributed by atoms with Gasteiger partial charge in [0.1, 0.15) is 5.52 Å². The van der Waals surface area contributed by atoms with Crippen LogP contribution >= 0.6 is 0 Å². The minimum absolute atomic E-state index is 0.148. The Kier molecular flexibility index (Phi) is 2.08. The lowest BCUT2D eigenvalue weighted by molar-refractivity contribution is 0.614. The van der Waals surface area contributed by atoms with E-state index in [4.69, 9.17) is 10.2 Å². The van der Waals surface area contributed by atoms with Gasteiger partial charge in [-0.3, -0.25) is 0 Å². The Hall–Kier alpha value is -2.36. The van der Waals surface area contributed by atoms with Crippen molar-refractivity contribution in [3.05, 3.63) is 42.0 Å². The molecule has 84 valence electrons. The van der Waals surface area contributed by atoms with Gasteiger partial charge in [-0.05, 0) is 24.6 Å². The first-order valence-electron chi connectivity index (χ1n) is 5.33. The van der Waals surface area contributed by atoms with Gasteiger partial charge in [-0.1, -0.05) is 24.3 Å². The van der Waals surface area contributed by atoms with Crippen LogP contribution in [0.1, 0.15) is 5.56 Å². The third-order valence-corrected chi connectivity index (χ3v) is 2.69. The van der Waals surface area contributed by atoms with Crippen molar-refractivity contribution >= 4 is 17.2 Å². The number of anilines is 1. The first-order valence-corrected chi connectivity index (χ1v) is 5.33. The molecule has 2 aromatic heterocycles. The molecule has 3 rings (SSSR count). The van der Waals surface area contributed by atoms with Crippen LogP contribution in [0.25, 0.3) is 22.5 Å². The fourth-order valence-electron chi connectivity index (χ4n) is 1.84. The van der Waals surface area contributed by atoms with Crippen molar-refractivity contribution in [2.75, 3.05) is 5.73 Å². The number of nitrogens with zero attached hydrogens (tertiary/aromatic N) is 2. The van der Waals surface area contributed by atoms with E-state index >= 15 is 0 Å². The molecule has 0 saturated heterocycles. The molecule has 0 bridgehead atoms. The Morgan fingerprint density at radius 2 is 1.88 bits per heavy atom. The number of hydrogen-bond acceptors (Lipinski definition) is 4. The zero-order chi connectivity index (χ0) is 11.8. The van der Waals surface area contributed by atoms with Crippen LogP contribution in [0.15, 0.2) is 40.8 Å². The highest BCUT2D eigenvalue weighted by Gasteiger charge is 2.07. The zero-order valence-electron chi connectivity index (χ0n) is 9.34. The Bertz CT molecular complexity index is 688. The fraction of sp³-hybridized carbons (Fsp3) is 0.0769. The topological polar surface area (TPSA) is 64.9 Å². The number of nitrogens with two attached hydrogens (primary N) is 1. The van der Waals surface area contributed by atoms with Gasteiger partial charge in [-0.25, -0.2) is 4.98 Å². The Labute approximate surface area is 98.1 Å². The summed E-state index contributed by atoms with van der Waals surface area (Å²) in [5.41, 5.74) is 9.77. The van der Waals surface area contributed by atoms with Crippen LogP contribution in [0.2, 0.25) is 0 Å². The molecule has 0 aliphatic heterocycles. The molecular formula is C13H11N3O. The molecule has 0 aliphatic rings. The third-order valence-electron chi connectivity index (χ3n) is 2.69. The molecule has 0 unspecified atom stereocenters. The molecule has 0 aliphatic carbocycles. The minimum atomic E-state index is 0.148. The normalized spacial score (nSPS) is 10.9. The van der Waals surface area contributed by atoms with Crippen LogP contribution in [0, 0.1) is 6.92 Å². The Morgan fingerprint density at radius 1 is 1.06 bits per heavy atom. The van der Waals surface area contributed by atoms with Gasteiger partial charge in [-0.2, -0.15) is 4.98 Å². The maximum atomic E-state index is 5.49. The van der Waals surface area contributed by atoms with Crippen LogP contribution < -0.4 is 5.73 Å². The standard InChI is InChI=1S/C13H11N3O/c1-8-4-2-3-5-9(8)10-6-7-11-12(15-10)17-13(14)16-11/h2-7H,1H3,(H2,14,16). The van der Waals surface area contributed by atoms with Gasteiger partial charge in [0.25, 0.3) is 6.01 Å². The lowest BCUT2D eigenvalue weighted by Gasteiger charge is -2.03. The van der Waals surface area contributed by atoms with Crippen molar-refractivity contribution in [2.45, 2.75) is 6.92 Å². The number of nitrogen functional groups attached to an aromatic ring is 1. The van der Waals surface area contributed by atoms with Gasteiger partial charge < -0.3 is 10.2 Å². The van der Waals surface area contributed by atoms with E-state index in [0.29, 0.717) is 11.2 Å². The Balaban J connectivity index is 2.21. The van der Waals surface area contributed by atoms with E-state index < -0.39 is 0 Å². The second kappa shape index (κ2) is 3.59. The highest BCUT2D eigenvalue weighted by molar-refractivity contribution is 5.75. The number of hydrogen-bond donors (Lipinski definition) is 1. The first-order chi connectivity index (χ1) is 8.24. The molecular weight excluding hydrogens is 214 g/mol. The summed E-state index contributed by atoms with van der Waals surface area (Å²) in [6.07, 6.45) is 0. The summed E-state index contributed by atoms with van der Waals surface area (Å²) in [5, 5.41) is 0. The van der Waals surface area contributed by atoms with E-state index in [2.05, 4.69) is 23.0 Å². The summed E-state index contributed by atoms with van der Waals surface area (Å²) in [6, 6.07) is 12.0. The molecule has 0 fully saturated rings. The van der Waals surface area contributed by atoms with E-state index in [1.54, 1.807) is 0 Å². The van der Waals surface area contributed by atoms with E-state index in [0.717, 1.165) is 11.3 Å². The molecule has 0 atom stereocenters. The number of pyridine rings is 1. The number of rotatable bonds is 1. The van der Waals surface area contributed by atoms with Gasteiger partial charge in [0, 0.05) is 5.56 Å². The first kappa shape index (κ1) is 9.84. The number of fused-ring (bicyclic) bond motifs is 1. The molecule has 3 aromatic rings. The van der Waals surface area contributed by atoms with E-state index in [9.17, 15) is 0 Å². The smallest absolute Gasteiger partial charge is 0.294 e. The van der Waals surface area contributed by atoms with Gasteiger partial charge in [0.05, 0.1) is 5.69 Å². The van der Waals surface area contributed by atoms with Crippen molar-refractivity contribution in [3.8, 4) is 11.3 Å². The van der Waals surface area contributed by atoms with Crippen LogP contribution in [0.5, 0.6) is 0 Å². The van der Waals surface area contributed by atoms with Crippen LogP contribution in [-0.4, -0.2) is 9.97 Å². The molecule has 4 heteroatoms. The average molecular weight is 225 g/mol. The molecule has 0 saturated carbocycles. The lowest BCUT2D eigenvalue weighted by Crippen LogP contribution is -1.86. The van der Waals surface area contributed by atoms with E-state index in [1.165, 1.54) is 5.56 Å². The summed E-state index contributed by atoms with van der Waals surface area (Å²) in [5.74, 6) is 0. The van der Waals surface area contributed by atoms with Gasteiger partial charge in [0.15, 0.2) is 0 Å². The molecule has 0 radical (unpaired) electrons. The molecule has 2 N–H and O–H groups in total. The van der Waals surface area contributed by atoms with E-state index in [-0.39, 0.29) is 6.01 Å². The zero-order valence-corrected chi connectivity index (χ0v) is 9.34. The SMILES string of the molecule is Cc1ccccc1-c1ccc2nc(N)oc2n1. The maximum Gasteiger partial charge on any atom is 0.294 e. The van der Waals surface area contributed by atoms with Crippen molar-refractivity contribution in [1.29, 1.82) is 0 Å². The monoisotopic (exact) mass is 225 g/mol. The van der Waals surface area contributed by atoms with Crippen molar-refractivity contribution < 1.29 is 4.42 Å². The summed E-state index contributed by atoms with van der Waals surface area (Å²) < 4.78 is 5.23. The number of oxazole rings is 1. The third kappa shape index (κ3) is 1.63. The number of aromatic nitrogens is 2. The molecule has 0 spiro atoms. The predicted octanol–water partition coefficient (Wildman–Crippen LogP) is 2.78. The van der Waals surface area contributed by atoms with Crippen LogP contribution in [-0.2, 0) is 0 Å². The number of benzene rings is 1. The van der Waals surface area contributed by atoms with Crippen LogP contribution in [0.4, 0.5) is 6.01 Å². The van der Waals surface area contributed by atoms with Crippen molar-refractivity contribution in [1.82, 2.24) is 9.97 Å². The summed E-state index contributed by atoms with van der Waals surface area (Å²) in [4.78, 5) is 8.44. The van der Waals surface area contributed by atoms with E-state index in [1.807, 2.05) is 30.3 Å².